The van der Waals surface area contributed by atoms with Crippen LogP contribution in [0.5, 0.6) is 11.5 Å². The van der Waals surface area contributed by atoms with Crippen LogP contribution in [0, 0.1) is 0 Å². The first-order valence-electron chi connectivity index (χ1n) is 8.12. The zero-order chi connectivity index (χ0) is 17.2. The Bertz CT molecular complexity index is 780. The molecule has 2 unspecified atom stereocenters. The van der Waals surface area contributed by atoms with Crippen molar-refractivity contribution in [2.24, 2.45) is 0 Å². The summed E-state index contributed by atoms with van der Waals surface area (Å²) >= 11 is 1.35. The minimum Gasteiger partial charge on any atom is -0.485 e. The number of amides is 2. The number of thiazole rings is 1. The Morgan fingerprint density at radius 3 is 2.92 bits per heavy atom. The highest BCUT2D eigenvalue weighted by atomic mass is 32.1. The maximum Gasteiger partial charge on any atom is 0.267 e. The van der Waals surface area contributed by atoms with Crippen molar-refractivity contribution in [1.29, 1.82) is 0 Å². The summed E-state index contributed by atoms with van der Waals surface area (Å²) in [5.74, 6) is 0.755. The van der Waals surface area contributed by atoms with Gasteiger partial charge < -0.3 is 19.7 Å². The van der Waals surface area contributed by atoms with E-state index in [0.29, 0.717) is 29.6 Å². The Balaban J connectivity index is 1.45. The highest BCUT2D eigenvalue weighted by molar-refractivity contribution is 7.13. The highest BCUT2D eigenvalue weighted by Gasteiger charge is 2.39. The lowest BCUT2D eigenvalue weighted by atomic mass is 10.2. The van der Waals surface area contributed by atoms with Gasteiger partial charge in [0.05, 0.1) is 0 Å². The number of para-hydroxylation sites is 2. The van der Waals surface area contributed by atoms with E-state index in [0.717, 1.165) is 6.42 Å². The van der Waals surface area contributed by atoms with Gasteiger partial charge in [-0.05, 0) is 25.0 Å². The fourth-order valence-corrected chi connectivity index (χ4v) is 3.63. The van der Waals surface area contributed by atoms with Crippen LogP contribution in [-0.2, 0) is 9.59 Å². The number of rotatable bonds is 3. The van der Waals surface area contributed by atoms with Crippen molar-refractivity contribution in [3.63, 3.8) is 0 Å². The van der Waals surface area contributed by atoms with E-state index >= 15 is 0 Å². The molecule has 1 saturated heterocycles. The topological polar surface area (TPSA) is 80.8 Å². The Morgan fingerprint density at radius 1 is 1.28 bits per heavy atom. The summed E-state index contributed by atoms with van der Waals surface area (Å²) in [6.45, 7) is 0.684. The fraction of sp³-hybridized carbons (Fsp3) is 0.353. The van der Waals surface area contributed by atoms with Gasteiger partial charge in [0.15, 0.2) is 16.6 Å². The van der Waals surface area contributed by atoms with Gasteiger partial charge in [0.25, 0.3) is 5.91 Å². The smallest absolute Gasteiger partial charge is 0.267 e. The summed E-state index contributed by atoms with van der Waals surface area (Å²) in [6, 6.07) is 6.75. The van der Waals surface area contributed by atoms with Crippen LogP contribution < -0.4 is 14.8 Å². The quantitative estimate of drug-likeness (QED) is 0.905. The van der Waals surface area contributed by atoms with Crippen LogP contribution in [-0.4, -0.2) is 47.0 Å². The van der Waals surface area contributed by atoms with Crippen molar-refractivity contribution in [3.8, 4) is 11.5 Å². The van der Waals surface area contributed by atoms with Gasteiger partial charge >= 0.3 is 0 Å². The molecule has 1 fully saturated rings. The number of nitrogens with zero attached hydrogens (tertiary/aromatic N) is 2. The van der Waals surface area contributed by atoms with Gasteiger partial charge in [-0.25, -0.2) is 4.98 Å². The standard InChI is InChI=1S/C17H17N3O4S/c21-15(19-17-18-7-9-25-17)11-4-3-8-20(11)16(22)14-10-23-12-5-1-2-6-13(12)24-14/h1-2,5-7,9,11,14H,3-4,8,10H2,(H,18,19,21). The minimum absolute atomic E-state index is 0.146. The minimum atomic E-state index is -0.733. The molecule has 2 aliphatic rings. The number of anilines is 1. The summed E-state index contributed by atoms with van der Waals surface area (Å²) in [5, 5.41) is 5.10. The predicted octanol–water partition coefficient (Wildman–Crippen LogP) is 1.91. The summed E-state index contributed by atoms with van der Waals surface area (Å²) in [4.78, 5) is 31.0. The molecular weight excluding hydrogens is 342 g/mol. The summed E-state index contributed by atoms with van der Waals surface area (Å²) in [7, 11) is 0. The van der Waals surface area contributed by atoms with Crippen LogP contribution in [0.4, 0.5) is 5.13 Å². The van der Waals surface area contributed by atoms with Crippen molar-refractivity contribution in [3.05, 3.63) is 35.8 Å². The first kappa shape index (κ1) is 15.9. The lowest BCUT2D eigenvalue weighted by molar-refractivity contribution is -0.145. The number of aromatic nitrogens is 1. The normalized spacial score (nSPS) is 21.8. The third kappa shape index (κ3) is 3.17. The van der Waals surface area contributed by atoms with E-state index in [2.05, 4.69) is 10.3 Å². The van der Waals surface area contributed by atoms with E-state index in [9.17, 15) is 9.59 Å². The fourth-order valence-electron chi connectivity index (χ4n) is 3.10. The van der Waals surface area contributed by atoms with Crippen molar-refractivity contribution < 1.29 is 19.1 Å². The molecule has 25 heavy (non-hydrogen) atoms. The average molecular weight is 359 g/mol. The van der Waals surface area contributed by atoms with Crippen LogP contribution in [0.15, 0.2) is 35.8 Å². The number of carbonyl (C=O) groups is 2. The Kier molecular flexibility index (Phi) is 4.27. The Morgan fingerprint density at radius 2 is 2.12 bits per heavy atom. The number of hydrogen-bond donors (Lipinski definition) is 1. The summed E-state index contributed by atoms with van der Waals surface area (Å²) < 4.78 is 11.4. The van der Waals surface area contributed by atoms with Crippen LogP contribution in [0.1, 0.15) is 12.8 Å². The lowest BCUT2D eigenvalue weighted by Crippen LogP contribution is -2.51. The molecule has 1 aromatic carbocycles. The van der Waals surface area contributed by atoms with Crippen LogP contribution in [0.25, 0.3) is 0 Å². The molecule has 8 heteroatoms. The molecule has 2 atom stereocenters. The Hall–Kier alpha value is -2.61. The number of benzene rings is 1. The number of ether oxygens (including phenoxy) is 2. The molecule has 0 saturated carbocycles. The van der Waals surface area contributed by atoms with Crippen molar-refractivity contribution in [2.45, 2.75) is 25.0 Å². The molecule has 4 rings (SSSR count). The second kappa shape index (κ2) is 6.72. The molecule has 0 bridgehead atoms. The molecule has 2 amide bonds. The largest absolute Gasteiger partial charge is 0.485 e. The lowest BCUT2D eigenvalue weighted by Gasteiger charge is -2.31. The van der Waals surface area contributed by atoms with E-state index in [1.54, 1.807) is 28.6 Å². The van der Waals surface area contributed by atoms with Gasteiger partial charge in [-0.1, -0.05) is 12.1 Å². The molecule has 2 aromatic rings. The maximum atomic E-state index is 12.9. The molecule has 2 aliphatic heterocycles. The monoisotopic (exact) mass is 359 g/mol. The third-order valence-corrected chi connectivity index (χ3v) is 4.97. The van der Waals surface area contributed by atoms with Crippen LogP contribution >= 0.6 is 11.3 Å². The molecule has 1 N–H and O–H groups in total. The average Bonchev–Trinajstić information content (AvgIpc) is 3.32. The van der Waals surface area contributed by atoms with Gasteiger partial charge in [0.2, 0.25) is 12.0 Å². The maximum absolute atomic E-state index is 12.9. The van der Waals surface area contributed by atoms with Crippen molar-refractivity contribution >= 4 is 28.3 Å². The van der Waals surface area contributed by atoms with Gasteiger partial charge in [0, 0.05) is 18.1 Å². The summed E-state index contributed by atoms with van der Waals surface area (Å²) in [6.07, 6.45) is 2.31. The van der Waals surface area contributed by atoms with E-state index in [1.807, 2.05) is 12.1 Å². The molecule has 130 valence electrons. The van der Waals surface area contributed by atoms with Gasteiger partial charge in [-0.3, -0.25) is 9.59 Å². The predicted molar refractivity (Wildman–Crippen MR) is 91.8 cm³/mol. The number of fused-ring (bicyclic) bond motifs is 1. The first-order valence-corrected chi connectivity index (χ1v) is 8.99. The third-order valence-electron chi connectivity index (χ3n) is 4.29. The van der Waals surface area contributed by atoms with Gasteiger partial charge in [-0.2, -0.15) is 0 Å². The SMILES string of the molecule is O=C(Nc1nccs1)C1CCCN1C(=O)C1COc2ccccc2O1. The zero-order valence-electron chi connectivity index (χ0n) is 13.4. The number of hydrogen-bond acceptors (Lipinski definition) is 6. The number of nitrogens with one attached hydrogen (secondary N) is 1. The molecule has 3 heterocycles. The first-order chi connectivity index (χ1) is 12.2. The molecule has 1 aromatic heterocycles. The molecular formula is C17H17N3O4S. The van der Waals surface area contributed by atoms with E-state index in [4.69, 9.17) is 9.47 Å². The Labute approximate surface area is 148 Å². The van der Waals surface area contributed by atoms with Crippen LogP contribution in [0.3, 0.4) is 0 Å². The summed E-state index contributed by atoms with van der Waals surface area (Å²) in [5.41, 5.74) is 0. The zero-order valence-corrected chi connectivity index (χ0v) is 14.2. The van der Waals surface area contributed by atoms with Gasteiger partial charge in [-0.15, -0.1) is 11.3 Å². The van der Waals surface area contributed by atoms with E-state index < -0.39 is 12.1 Å². The molecule has 0 aliphatic carbocycles. The van der Waals surface area contributed by atoms with E-state index in [-0.39, 0.29) is 18.4 Å². The highest BCUT2D eigenvalue weighted by Crippen LogP contribution is 2.32. The van der Waals surface area contributed by atoms with Crippen molar-refractivity contribution in [2.75, 3.05) is 18.5 Å². The number of likely N-dealkylation sites (tertiary alicyclic amines) is 1. The van der Waals surface area contributed by atoms with Crippen molar-refractivity contribution in [1.82, 2.24) is 9.88 Å². The van der Waals surface area contributed by atoms with Crippen LogP contribution in [0.2, 0.25) is 0 Å². The van der Waals surface area contributed by atoms with Gasteiger partial charge in [0.1, 0.15) is 12.6 Å². The molecule has 7 nitrogen and oxygen atoms in total. The second-order valence-corrected chi connectivity index (χ2v) is 6.77. The molecule has 0 radical (unpaired) electrons. The van der Waals surface area contributed by atoms with E-state index in [1.165, 1.54) is 11.3 Å². The second-order valence-electron chi connectivity index (χ2n) is 5.88. The molecule has 0 spiro atoms. The number of carbonyl (C=O) groups excluding carboxylic acids is 2.